The SMILES string of the molecule is COC(=O)c1c(-c2c(Cl)cccc2Cl)noc1NC(=O)COc1cc(C)c(Cl)c(C)c1. The maximum Gasteiger partial charge on any atom is 0.345 e. The molecule has 3 rings (SSSR count). The third-order valence-corrected chi connectivity index (χ3v) is 5.54. The molecule has 7 nitrogen and oxygen atoms in total. The van der Waals surface area contributed by atoms with Crippen molar-refractivity contribution in [3.8, 4) is 17.0 Å². The lowest BCUT2D eigenvalue weighted by Crippen LogP contribution is -2.21. The molecule has 1 heterocycles. The van der Waals surface area contributed by atoms with E-state index in [0.29, 0.717) is 10.8 Å². The fraction of sp³-hybridized carbons (Fsp3) is 0.190. The van der Waals surface area contributed by atoms with Crippen LogP contribution in [0.2, 0.25) is 15.1 Å². The summed E-state index contributed by atoms with van der Waals surface area (Å²) in [7, 11) is 1.19. The molecule has 162 valence electrons. The van der Waals surface area contributed by atoms with Crippen LogP contribution in [-0.4, -0.2) is 30.7 Å². The largest absolute Gasteiger partial charge is 0.484 e. The third-order valence-electron chi connectivity index (χ3n) is 4.31. The van der Waals surface area contributed by atoms with Gasteiger partial charge in [-0.3, -0.25) is 10.1 Å². The first kappa shape index (κ1) is 22.9. The third kappa shape index (κ3) is 4.95. The molecule has 0 aliphatic heterocycles. The van der Waals surface area contributed by atoms with Crippen molar-refractivity contribution in [3.63, 3.8) is 0 Å². The number of aryl methyl sites for hydroxylation is 2. The molecular formula is C21H17Cl3N2O5. The molecule has 1 amide bonds. The van der Waals surface area contributed by atoms with Crippen molar-refractivity contribution in [1.82, 2.24) is 5.16 Å². The minimum atomic E-state index is -0.785. The fourth-order valence-corrected chi connectivity index (χ4v) is 3.55. The Morgan fingerprint density at radius 3 is 2.29 bits per heavy atom. The number of anilines is 1. The van der Waals surface area contributed by atoms with E-state index < -0.39 is 11.9 Å². The number of halogens is 3. The summed E-state index contributed by atoms with van der Waals surface area (Å²) in [6.45, 7) is 3.32. The number of carbonyl (C=O) groups is 2. The molecule has 0 saturated carbocycles. The van der Waals surface area contributed by atoms with Crippen molar-refractivity contribution >= 4 is 52.6 Å². The lowest BCUT2D eigenvalue weighted by Gasteiger charge is -2.10. The smallest absolute Gasteiger partial charge is 0.345 e. The predicted molar refractivity (Wildman–Crippen MR) is 118 cm³/mol. The van der Waals surface area contributed by atoms with Crippen LogP contribution in [-0.2, 0) is 9.53 Å². The van der Waals surface area contributed by atoms with Crippen LogP contribution in [0.3, 0.4) is 0 Å². The van der Waals surface area contributed by atoms with E-state index >= 15 is 0 Å². The number of nitrogens with one attached hydrogen (secondary N) is 1. The second-order valence-corrected chi connectivity index (χ2v) is 7.72. The van der Waals surface area contributed by atoms with Gasteiger partial charge in [-0.15, -0.1) is 0 Å². The average molecular weight is 484 g/mol. The quantitative estimate of drug-likeness (QED) is 0.451. The highest BCUT2D eigenvalue weighted by atomic mass is 35.5. The number of ether oxygens (including phenoxy) is 2. The number of aromatic nitrogens is 1. The first-order valence-electron chi connectivity index (χ1n) is 8.94. The summed E-state index contributed by atoms with van der Waals surface area (Å²) in [5.74, 6) is -1.10. The summed E-state index contributed by atoms with van der Waals surface area (Å²) in [5, 5.41) is 7.46. The number of methoxy groups -OCH3 is 1. The van der Waals surface area contributed by atoms with Gasteiger partial charge in [-0.05, 0) is 49.2 Å². The number of benzene rings is 2. The van der Waals surface area contributed by atoms with Gasteiger partial charge in [-0.2, -0.15) is 0 Å². The van der Waals surface area contributed by atoms with Crippen LogP contribution in [0.25, 0.3) is 11.3 Å². The monoisotopic (exact) mass is 482 g/mol. The van der Waals surface area contributed by atoms with Crippen LogP contribution in [0.1, 0.15) is 21.5 Å². The predicted octanol–water partition coefficient (Wildman–Crippen LogP) is 5.72. The zero-order chi connectivity index (χ0) is 22.7. The van der Waals surface area contributed by atoms with Crippen LogP contribution < -0.4 is 10.1 Å². The van der Waals surface area contributed by atoms with E-state index in [2.05, 4.69) is 10.5 Å². The Bertz CT molecular complexity index is 1120. The Morgan fingerprint density at radius 2 is 1.71 bits per heavy atom. The molecule has 0 saturated heterocycles. The van der Waals surface area contributed by atoms with Crippen LogP contribution in [0.15, 0.2) is 34.9 Å². The molecule has 31 heavy (non-hydrogen) atoms. The highest BCUT2D eigenvalue weighted by Gasteiger charge is 2.28. The number of amides is 1. The van der Waals surface area contributed by atoms with Gasteiger partial charge in [0.25, 0.3) is 5.91 Å². The highest BCUT2D eigenvalue weighted by molar-refractivity contribution is 6.39. The van der Waals surface area contributed by atoms with Crippen molar-refractivity contribution in [2.24, 2.45) is 0 Å². The van der Waals surface area contributed by atoms with Gasteiger partial charge in [-0.25, -0.2) is 4.79 Å². The zero-order valence-electron chi connectivity index (χ0n) is 16.7. The number of hydrogen-bond donors (Lipinski definition) is 1. The number of carbonyl (C=O) groups excluding carboxylic acids is 2. The number of rotatable bonds is 6. The van der Waals surface area contributed by atoms with Crippen molar-refractivity contribution in [2.75, 3.05) is 19.0 Å². The molecule has 0 radical (unpaired) electrons. The number of nitrogens with zero attached hydrogens (tertiary/aromatic N) is 1. The van der Waals surface area contributed by atoms with Crippen LogP contribution in [0, 0.1) is 13.8 Å². The highest BCUT2D eigenvalue weighted by Crippen LogP contribution is 2.38. The second kappa shape index (κ2) is 9.60. The Kier molecular flexibility index (Phi) is 7.10. The van der Waals surface area contributed by atoms with Gasteiger partial charge in [0.2, 0.25) is 5.88 Å². The molecule has 0 atom stereocenters. The minimum absolute atomic E-state index is 0.0441. The molecule has 0 aliphatic carbocycles. The Morgan fingerprint density at radius 1 is 1.10 bits per heavy atom. The summed E-state index contributed by atoms with van der Waals surface area (Å²) in [6, 6.07) is 8.25. The second-order valence-electron chi connectivity index (χ2n) is 6.53. The fourth-order valence-electron chi connectivity index (χ4n) is 2.86. The molecule has 1 N–H and O–H groups in total. The van der Waals surface area contributed by atoms with E-state index in [1.165, 1.54) is 7.11 Å². The molecule has 0 fully saturated rings. The van der Waals surface area contributed by atoms with Crippen molar-refractivity contribution in [2.45, 2.75) is 13.8 Å². The van der Waals surface area contributed by atoms with E-state index in [9.17, 15) is 9.59 Å². The summed E-state index contributed by atoms with van der Waals surface area (Å²) >= 11 is 18.6. The van der Waals surface area contributed by atoms with Crippen LogP contribution in [0.5, 0.6) is 5.75 Å². The van der Waals surface area contributed by atoms with E-state index in [4.69, 9.17) is 48.8 Å². The topological polar surface area (TPSA) is 90.7 Å². The van der Waals surface area contributed by atoms with E-state index in [-0.39, 0.29) is 39.4 Å². The Balaban J connectivity index is 1.84. The van der Waals surface area contributed by atoms with Crippen molar-refractivity contribution < 1.29 is 23.6 Å². The van der Waals surface area contributed by atoms with Gasteiger partial charge < -0.3 is 14.0 Å². The lowest BCUT2D eigenvalue weighted by atomic mass is 10.1. The molecule has 10 heteroatoms. The van der Waals surface area contributed by atoms with Gasteiger partial charge >= 0.3 is 5.97 Å². The van der Waals surface area contributed by atoms with Gasteiger partial charge in [-0.1, -0.05) is 46.0 Å². The van der Waals surface area contributed by atoms with Crippen LogP contribution in [0.4, 0.5) is 5.88 Å². The minimum Gasteiger partial charge on any atom is -0.484 e. The first-order valence-corrected chi connectivity index (χ1v) is 10.1. The van der Waals surface area contributed by atoms with Gasteiger partial charge in [0, 0.05) is 10.6 Å². The normalized spacial score (nSPS) is 10.6. The van der Waals surface area contributed by atoms with Gasteiger partial charge in [0.1, 0.15) is 11.4 Å². The number of esters is 1. The Hall–Kier alpha value is -2.74. The molecule has 3 aromatic rings. The average Bonchev–Trinajstić information content (AvgIpc) is 3.12. The molecule has 0 spiro atoms. The standard InChI is InChI=1S/C21H17Cl3N2O5/c1-10-7-12(8-11(2)18(10)24)30-9-15(27)25-20-17(21(28)29-3)19(26-31-20)16-13(22)5-4-6-14(16)23/h4-8H,9H2,1-3H3,(H,25,27). The maximum absolute atomic E-state index is 12.4. The van der Waals surface area contributed by atoms with E-state index in [1.807, 2.05) is 13.8 Å². The molecule has 1 aromatic heterocycles. The van der Waals surface area contributed by atoms with Crippen molar-refractivity contribution in [1.29, 1.82) is 0 Å². The summed E-state index contributed by atoms with van der Waals surface area (Å²) in [6.07, 6.45) is 0. The molecule has 2 aromatic carbocycles. The summed E-state index contributed by atoms with van der Waals surface area (Å²) in [5.41, 5.74) is 1.84. The molecule has 0 unspecified atom stereocenters. The molecular weight excluding hydrogens is 467 g/mol. The van der Waals surface area contributed by atoms with Crippen LogP contribution >= 0.6 is 34.8 Å². The van der Waals surface area contributed by atoms with Gasteiger partial charge in [0.15, 0.2) is 12.2 Å². The zero-order valence-corrected chi connectivity index (χ0v) is 19.0. The van der Waals surface area contributed by atoms with Crippen molar-refractivity contribution in [3.05, 3.63) is 62.1 Å². The maximum atomic E-state index is 12.4. The first-order chi connectivity index (χ1) is 14.7. The molecule has 0 bridgehead atoms. The van der Waals surface area contributed by atoms with Gasteiger partial charge in [0.05, 0.1) is 17.2 Å². The van der Waals surface area contributed by atoms with E-state index in [1.54, 1.807) is 30.3 Å². The van der Waals surface area contributed by atoms with E-state index in [0.717, 1.165) is 11.1 Å². The lowest BCUT2D eigenvalue weighted by molar-refractivity contribution is -0.118. The summed E-state index contributed by atoms with van der Waals surface area (Å²) in [4.78, 5) is 24.8. The Labute approximate surface area is 193 Å². The summed E-state index contributed by atoms with van der Waals surface area (Å²) < 4.78 is 15.5. The molecule has 0 aliphatic rings. The number of hydrogen-bond acceptors (Lipinski definition) is 6.